The largest absolute Gasteiger partial charge is 0.350 e. The molecule has 1 aromatic heterocycles. The molecular formula is C13H20BrNOS. The topological polar surface area (TPSA) is 29.1 Å². The van der Waals surface area contributed by atoms with Crippen LogP contribution in [0.2, 0.25) is 0 Å². The summed E-state index contributed by atoms with van der Waals surface area (Å²) in [5, 5.41) is 4.95. The first kappa shape index (κ1) is 14.7. The molecule has 0 bridgehead atoms. The molecule has 2 nitrogen and oxygen atoms in total. The average molecular weight is 318 g/mol. The van der Waals surface area contributed by atoms with Gasteiger partial charge in [-0.3, -0.25) is 4.79 Å². The van der Waals surface area contributed by atoms with Crippen LogP contribution in [0.25, 0.3) is 0 Å². The molecule has 0 saturated heterocycles. The summed E-state index contributed by atoms with van der Waals surface area (Å²) in [4.78, 5) is 13.1. The maximum absolute atomic E-state index is 11.9. The molecule has 1 N–H and O–H groups in total. The molecule has 96 valence electrons. The molecule has 4 heteroatoms. The minimum atomic E-state index is 0.0490. The zero-order valence-electron chi connectivity index (χ0n) is 10.6. The Morgan fingerprint density at radius 1 is 1.47 bits per heavy atom. The number of rotatable bonds is 6. The molecule has 1 rings (SSSR count). The molecule has 1 atom stereocenters. The van der Waals surface area contributed by atoms with Gasteiger partial charge < -0.3 is 5.32 Å². The van der Waals surface area contributed by atoms with Gasteiger partial charge in [-0.15, -0.1) is 11.3 Å². The summed E-state index contributed by atoms with van der Waals surface area (Å²) in [5.74, 6) is 0.674. The van der Waals surface area contributed by atoms with Gasteiger partial charge in [-0.25, -0.2) is 0 Å². The number of aryl methyl sites for hydroxylation is 1. The van der Waals surface area contributed by atoms with Crippen molar-refractivity contribution < 1.29 is 4.79 Å². The third-order valence-corrected chi connectivity index (χ3v) is 5.17. The van der Waals surface area contributed by atoms with Gasteiger partial charge in [0.1, 0.15) is 0 Å². The van der Waals surface area contributed by atoms with Crippen molar-refractivity contribution in [2.24, 2.45) is 5.92 Å². The maximum Gasteiger partial charge on any atom is 0.261 e. The predicted molar refractivity (Wildman–Crippen MR) is 78.2 cm³/mol. The van der Waals surface area contributed by atoms with Crippen molar-refractivity contribution in [1.82, 2.24) is 5.32 Å². The van der Waals surface area contributed by atoms with Crippen LogP contribution in [0.3, 0.4) is 0 Å². The van der Waals surface area contributed by atoms with E-state index in [2.05, 4.69) is 35.1 Å². The van der Waals surface area contributed by atoms with Gasteiger partial charge in [-0.1, -0.05) is 42.6 Å². The number of alkyl halides is 1. The third kappa shape index (κ3) is 4.11. The van der Waals surface area contributed by atoms with Gasteiger partial charge in [0.05, 0.1) is 4.88 Å². The highest BCUT2D eigenvalue weighted by Crippen LogP contribution is 2.20. The molecule has 1 amide bonds. The van der Waals surface area contributed by atoms with Crippen LogP contribution in [-0.4, -0.2) is 17.3 Å². The lowest BCUT2D eigenvalue weighted by Gasteiger charge is -2.19. The van der Waals surface area contributed by atoms with Gasteiger partial charge in [0.2, 0.25) is 0 Å². The summed E-state index contributed by atoms with van der Waals surface area (Å²) in [6, 6.07) is 1.98. The Kier molecular flexibility index (Phi) is 6.20. The maximum atomic E-state index is 11.9. The molecule has 0 radical (unpaired) electrons. The fourth-order valence-electron chi connectivity index (χ4n) is 1.84. The minimum Gasteiger partial charge on any atom is -0.350 e. The molecular weight excluding hydrogens is 298 g/mol. The van der Waals surface area contributed by atoms with Crippen LogP contribution < -0.4 is 5.32 Å². The fraction of sp³-hybridized carbons (Fsp3) is 0.615. The monoisotopic (exact) mass is 317 g/mol. The van der Waals surface area contributed by atoms with Crippen LogP contribution in [0.5, 0.6) is 0 Å². The Bertz CT molecular complexity index is 360. The first-order valence-electron chi connectivity index (χ1n) is 6.06. The first-order valence-corrected chi connectivity index (χ1v) is 7.86. The van der Waals surface area contributed by atoms with E-state index >= 15 is 0 Å². The van der Waals surface area contributed by atoms with Crippen molar-refractivity contribution in [3.8, 4) is 0 Å². The van der Waals surface area contributed by atoms with Crippen LogP contribution >= 0.6 is 27.3 Å². The van der Waals surface area contributed by atoms with E-state index in [4.69, 9.17) is 0 Å². The first-order chi connectivity index (χ1) is 8.10. The minimum absolute atomic E-state index is 0.0490. The van der Waals surface area contributed by atoms with Gasteiger partial charge in [0.25, 0.3) is 5.91 Å². The molecule has 1 heterocycles. The van der Waals surface area contributed by atoms with Crippen LogP contribution in [0.4, 0.5) is 0 Å². The van der Waals surface area contributed by atoms with E-state index in [1.54, 1.807) is 0 Å². The number of nitrogens with one attached hydrogen (secondary N) is 1. The Balaban J connectivity index is 2.46. The highest BCUT2D eigenvalue weighted by Gasteiger charge is 2.17. The normalized spacial score (nSPS) is 12.8. The molecule has 1 aromatic rings. The van der Waals surface area contributed by atoms with Crippen LogP contribution in [-0.2, 0) is 0 Å². The number of hydrogen-bond acceptors (Lipinski definition) is 2. The van der Waals surface area contributed by atoms with Crippen LogP contribution in [0, 0.1) is 12.8 Å². The molecule has 0 spiro atoms. The summed E-state index contributed by atoms with van der Waals surface area (Å²) in [6.45, 7) is 7.04. The number of carbonyl (C=O) groups excluding carboxylic acids is 1. The zero-order valence-corrected chi connectivity index (χ0v) is 13.0. The van der Waals surface area contributed by atoms with Gasteiger partial charge in [-0.05, 0) is 29.9 Å². The molecule has 17 heavy (non-hydrogen) atoms. The highest BCUT2D eigenvalue weighted by atomic mass is 79.9. The highest BCUT2D eigenvalue weighted by molar-refractivity contribution is 9.09. The van der Waals surface area contributed by atoms with Gasteiger partial charge >= 0.3 is 0 Å². The number of carbonyl (C=O) groups is 1. The van der Waals surface area contributed by atoms with Gasteiger partial charge in [-0.2, -0.15) is 0 Å². The van der Waals surface area contributed by atoms with E-state index < -0.39 is 0 Å². The lowest BCUT2D eigenvalue weighted by atomic mass is 9.99. The molecule has 1 unspecified atom stereocenters. The van der Waals surface area contributed by atoms with Gasteiger partial charge in [0, 0.05) is 11.4 Å². The van der Waals surface area contributed by atoms with Gasteiger partial charge in [0.15, 0.2) is 0 Å². The molecule has 0 aliphatic rings. The zero-order chi connectivity index (χ0) is 12.8. The van der Waals surface area contributed by atoms with E-state index in [0.717, 1.165) is 23.3 Å². The summed E-state index contributed by atoms with van der Waals surface area (Å²) in [5.41, 5.74) is 1.06. The number of amides is 1. The molecule has 0 aliphatic heterocycles. The second-order valence-corrected chi connectivity index (χ2v) is 6.33. The lowest BCUT2D eigenvalue weighted by molar-refractivity contribution is 0.0955. The van der Waals surface area contributed by atoms with Crippen LogP contribution in [0.15, 0.2) is 11.4 Å². The molecule has 0 aliphatic carbocycles. The second-order valence-electron chi connectivity index (χ2n) is 4.24. The van der Waals surface area contributed by atoms with E-state index in [-0.39, 0.29) is 5.91 Å². The average Bonchev–Trinajstić information content (AvgIpc) is 2.74. The van der Waals surface area contributed by atoms with E-state index in [1.165, 1.54) is 11.3 Å². The van der Waals surface area contributed by atoms with Crippen molar-refractivity contribution in [2.75, 3.05) is 6.54 Å². The van der Waals surface area contributed by atoms with Crippen molar-refractivity contribution in [2.45, 2.75) is 38.4 Å². The SMILES string of the molecule is CCC(CC)C(Br)CNC(=O)c1sccc1C. The Morgan fingerprint density at radius 3 is 2.59 bits per heavy atom. The summed E-state index contributed by atoms with van der Waals surface area (Å²) < 4.78 is 0. The summed E-state index contributed by atoms with van der Waals surface area (Å²) in [7, 11) is 0. The molecule has 0 saturated carbocycles. The van der Waals surface area contributed by atoms with Crippen molar-refractivity contribution in [1.29, 1.82) is 0 Å². The van der Waals surface area contributed by atoms with Crippen molar-refractivity contribution in [3.05, 3.63) is 21.9 Å². The molecule has 0 fully saturated rings. The molecule has 0 aromatic carbocycles. The predicted octanol–water partition coefficient (Wildman–Crippen LogP) is 3.99. The Labute approximate surface area is 116 Å². The van der Waals surface area contributed by atoms with Crippen molar-refractivity contribution >= 4 is 33.2 Å². The summed E-state index contributed by atoms with van der Waals surface area (Å²) >= 11 is 5.17. The van der Waals surface area contributed by atoms with E-state index in [9.17, 15) is 4.79 Å². The van der Waals surface area contributed by atoms with E-state index in [0.29, 0.717) is 17.3 Å². The van der Waals surface area contributed by atoms with Crippen LogP contribution in [0.1, 0.15) is 41.9 Å². The summed E-state index contributed by atoms with van der Waals surface area (Å²) in [6.07, 6.45) is 2.28. The third-order valence-electron chi connectivity index (χ3n) is 3.09. The number of halogens is 1. The lowest BCUT2D eigenvalue weighted by Crippen LogP contribution is -2.32. The standard InChI is InChI=1S/C13H20BrNOS/c1-4-10(5-2)11(14)8-15-13(16)12-9(3)6-7-17-12/h6-7,10-11H,4-5,8H2,1-3H3,(H,15,16). The van der Waals surface area contributed by atoms with E-state index in [1.807, 2.05) is 18.4 Å². The second kappa shape index (κ2) is 7.17. The van der Waals surface area contributed by atoms with Crippen molar-refractivity contribution in [3.63, 3.8) is 0 Å². The fourth-order valence-corrected chi connectivity index (χ4v) is 3.59. The number of hydrogen-bond donors (Lipinski definition) is 1. The quantitative estimate of drug-likeness (QED) is 0.790. The Hall–Kier alpha value is -0.350. The number of thiophene rings is 1. The Morgan fingerprint density at radius 2 is 2.12 bits per heavy atom. The smallest absolute Gasteiger partial charge is 0.261 e.